The standard InChI is InChI=1S/C22H18BrCl2FN2O/c1-11(2)27-18(23)10-15-21(27)20(14-8-7-13(24)9-12(14)3)28(22(15)29)17-6-4-5-16(25)19(17)26/h4-11,20H,1-3H3. The van der Waals surface area contributed by atoms with Gasteiger partial charge in [-0.3, -0.25) is 9.69 Å². The molecule has 3 aromatic rings. The Morgan fingerprint density at radius 2 is 1.86 bits per heavy atom. The maximum atomic E-state index is 15.0. The number of amides is 1. The maximum absolute atomic E-state index is 15.0. The van der Waals surface area contributed by atoms with E-state index < -0.39 is 11.9 Å². The number of aryl methyl sites for hydroxylation is 1. The molecule has 2 heterocycles. The van der Waals surface area contributed by atoms with E-state index in [1.54, 1.807) is 24.3 Å². The fourth-order valence-electron chi connectivity index (χ4n) is 4.01. The Balaban J connectivity index is 2.03. The Kier molecular flexibility index (Phi) is 5.26. The van der Waals surface area contributed by atoms with Gasteiger partial charge in [-0.05, 0) is 78.2 Å². The summed E-state index contributed by atoms with van der Waals surface area (Å²) in [4.78, 5) is 15.0. The molecule has 0 fully saturated rings. The van der Waals surface area contributed by atoms with Crippen LogP contribution in [-0.2, 0) is 0 Å². The highest BCUT2D eigenvalue weighted by Crippen LogP contribution is 2.47. The normalized spacial score (nSPS) is 16.1. The molecular formula is C22H18BrCl2FN2O. The highest BCUT2D eigenvalue weighted by molar-refractivity contribution is 9.10. The molecule has 1 aliphatic rings. The maximum Gasteiger partial charge on any atom is 0.261 e. The molecule has 29 heavy (non-hydrogen) atoms. The average Bonchev–Trinajstić information content (AvgIpc) is 3.11. The van der Waals surface area contributed by atoms with Crippen LogP contribution in [0.1, 0.15) is 53.1 Å². The summed E-state index contributed by atoms with van der Waals surface area (Å²) in [5.41, 5.74) is 3.33. The summed E-state index contributed by atoms with van der Waals surface area (Å²) in [6.45, 7) is 6.03. The van der Waals surface area contributed by atoms with Gasteiger partial charge in [0, 0.05) is 11.1 Å². The fourth-order valence-corrected chi connectivity index (χ4v) is 5.24. The highest BCUT2D eigenvalue weighted by atomic mass is 79.9. The first kappa shape index (κ1) is 20.5. The Morgan fingerprint density at radius 1 is 1.14 bits per heavy atom. The fraction of sp³-hybridized carbons (Fsp3) is 0.227. The number of hydrogen-bond acceptors (Lipinski definition) is 1. The predicted octanol–water partition coefficient (Wildman–Crippen LogP) is 7.34. The number of rotatable bonds is 3. The lowest BCUT2D eigenvalue weighted by molar-refractivity contribution is 0.0992. The van der Waals surface area contributed by atoms with E-state index in [1.165, 1.54) is 11.0 Å². The van der Waals surface area contributed by atoms with Gasteiger partial charge in [0.2, 0.25) is 0 Å². The van der Waals surface area contributed by atoms with Gasteiger partial charge in [0.15, 0.2) is 5.82 Å². The molecule has 1 atom stereocenters. The molecule has 4 rings (SSSR count). The summed E-state index contributed by atoms with van der Waals surface area (Å²) in [6.07, 6.45) is 0. The van der Waals surface area contributed by atoms with Crippen LogP contribution in [0.25, 0.3) is 0 Å². The van der Waals surface area contributed by atoms with Crippen LogP contribution in [0.5, 0.6) is 0 Å². The van der Waals surface area contributed by atoms with Gasteiger partial charge in [0.05, 0.1) is 26.6 Å². The van der Waals surface area contributed by atoms with E-state index in [0.717, 1.165) is 21.4 Å². The van der Waals surface area contributed by atoms with E-state index in [2.05, 4.69) is 20.5 Å². The Hall–Kier alpha value is -1.82. The van der Waals surface area contributed by atoms with E-state index in [4.69, 9.17) is 23.2 Å². The number of benzene rings is 2. The lowest BCUT2D eigenvalue weighted by Crippen LogP contribution is -2.31. The molecule has 0 saturated carbocycles. The van der Waals surface area contributed by atoms with Crippen LogP contribution in [0.2, 0.25) is 10.0 Å². The predicted molar refractivity (Wildman–Crippen MR) is 119 cm³/mol. The zero-order chi connectivity index (χ0) is 21.0. The second-order valence-corrected chi connectivity index (χ2v) is 9.04. The number of carbonyl (C=O) groups is 1. The number of fused-ring (bicyclic) bond motifs is 1. The summed E-state index contributed by atoms with van der Waals surface area (Å²) in [7, 11) is 0. The molecular weight excluding hydrogens is 478 g/mol. The molecule has 2 aromatic carbocycles. The van der Waals surface area contributed by atoms with Gasteiger partial charge in [0.1, 0.15) is 6.04 Å². The summed E-state index contributed by atoms with van der Waals surface area (Å²) in [5, 5.41) is 0.586. The Bertz CT molecular complexity index is 1140. The third-order valence-corrected chi connectivity index (χ3v) is 6.37. The van der Waals surface area contributed by atoms with E-state index >= 15 is 0 Å². The van der Waals surface area contributed by atoms with Crippen molar-refractivity contribution >= 4 is 50.7 Å². The molecule has 1 amide bonds. The van der Waals surface area contributed by atoms with Crippen LogP contribution < -0.4 is 4.90 Å². The monoisotopic (exact) mass is 494 g/mol. The SMILES string of the molecule is Cc1cc(Cl)ccc1C1c2c(cc(Br)n2C(C)C)C(=O)N1c1cccc(Cl)c1F. The number of halogens is 4. The minimum absolute atomic E-state index is 0.0219. The zero-order valence-corrected chi connectivity index (χ0v) is 19.1. The first-order chi connectivity index (χ1) is 13.7. The van der Waals surface area contributed by atoms with Gasteiger partial charge >= 0.3 is 0 Å². The Morgan fingerprint density at radius 3 is 2.52 bits per heavy atom. The molecule has 1 aromatic heterocycles. The largest absolute Gasteiger partial charge is 0.334 e. The van der Waals surface area contributed by atoms with Gasteiger partial charge < -0.3 is 4.57 Å². The lowest BCUT2D eigenvalue weighted by Gasteiger charge is -2.30. The van der Waals surface area contributed by atoms with Crippen molar-refractivity contribution in [2.45, 2.75) is 32.9 Å². The minimum atomic E-state index is -0.612. The molecule has 3 nitrogen and oxygen atoms in total. The van der Waals surface area contributed by atoms with Crippen LogP contribution in [-0.4, -0.2) is 10.5 Å². The second-order valence-electron chi connectivity index (χ2n) is 7.38. The summed E-state index contributed by atoms with van der Waals surface area (Å²) < 4.78 is 17.9. The molecule has 0 bridgehead atoms. The number of aromatic nitrogens is 1. The van der Waals surface area contributed by atoms with Crippen LogP contribution in [0.15, 0.2) is 47.1 Å². The second kappa shape index (κ2) is 7.46. The van der Waals surface area contributed by atoms with Gasteiger partial charge in [-0.25, -0.2) is 4.39 Å². The Labute approximate surface area is 187 Å². The van der Waals surface area contributed by atoms with E-state index in [0.29, 0.717) is 10.6 Å². The molecule has 0 saturated heterocycles. The van der Waals surface area contributed by atoms with Gasteiger partial charge in [-0.15, -0.1) is 0 Å². The van der Waals surface area contributed by atoms with Crippen molar-refractivity contribution in [3.05, 3.63) is 85.3 Å². The topological polar surface area (TPSA) is 25.2 Å². The number of nitrogens with zero attached hydrogens (tertiary/aromatic N) is 2. The molecule has 150 valence electrons. The number of carbonyl (C=O) groups excluding carboxylic acids is 1. The zero-order valence-electron chi connectivity index (χ0n) is 16.0. The van der Waals surface area contributed by atoms with Crippen molar-refractivity contribution in [1.82, 2.24) is 4.57 Å². The van der Waals surface area contributed by atoms with Gasteiger partial charge in [-0.1, -0.05) is 35.3 Å². The average molecular weight is 496 g/mol. The van der Waals surface area contributed by atoms with E-state index in [9.17, 15) is 9.18 Å². The van der Waals surface area contributed by atoms with Crippen molar-refractivity contribution in [2.24, 2.45) is 0 Å². The highest BCUT2D eigenvalue weighted by Gasteiger charge is 2.44. The minimum Gasteiger partial charge on any atom is -0.334 e. The van der Waals surface area contributed by atoms with Crippen molar-refractivity contribution < 1.29 is 9.18 Å². The van der Waals surface area contributed by atoms with Crippen molar-refractivity contribution in [3.63, 3.8) is 0 Å². The summed E-state index contributed by atoms with van der Waals surface area (Å²) in [5.74, 6) is -0.875. The van der Waals surface area contributed by atoms with Gasteiger partial charge in [-0.2, -0.15) is 0 Å². The number of anilines is 1. The third-order valence-electron chi connectivity index (χ3n) is 5.23. The van der Waals surface area contributed by atoms with E-state index in [1.807, 2.05) is 32.9 Å². The first-order valence-corrected chi connectivity index (χ1v) is 10.7. The quantitative estimate of drug-likeness (QED) is 0.373. The van der Waals surface area contributed by atoms with Crippen LogP contribution in [0.3, 0.4) is 0 Å². The van der Waals surface area contributed by atoms with Crippen LogP contribution >= 0.6 is 39.1 Å². The number of hydrogen-bond donors (Lipinski definition) is 0. The summed E-state index contributed by atoms with van der Waals surface area (Å²) >= 11 is 15.8. The molecule has 7 heteroatoms. The van der Waals surface area contributed by atoms with Crippen LogP contribution in [0.4, 0.5) is 10.1 Å². The lowest BCUT2D eigenvalue weighted by atomic mass is 9.98. The molecule has 0 aliphatic carbocycles. The van der Waals surface area contributed by atoms with E-state index in [-0.39, 0.29) is 22.7 Å². The molecule has 0 spiro atoms. The summed E-state index contributed by atoms with van der Waals surface area (Å²) in [6, 6.07) is 11.6. The molecule has 1 aliphatic heterocycles. The molecule has 1 unspecified atom stereocenters. The van der Waals surface area contributed by atoms with Crippen LogP contribution in [0, 0.1) is 12.7 Å². The van der Waals surface area contributed by atoms with Crippen molar-refractivity contribution in [3.8, 4) is 0 Å². The van der Waals surface area contributed by atoms with Crippen molar-refractivity contribution in [1.29, 1.82) is 0 Å². The molecule has 0 radical (unpaired) electrons. The molecule has 0 N–H and O–H groups in total. The smallest absolute Gasteiger partial charge is 0.261 e. The third kappa shape index (κ3) is 3.20. The van der Waals surface area contributed by atoms with Gasteiger partial charge in [0.25, 0.3) is 5.91 Å². The van der Waals surface area contributed by atoms with Crippen molar-refractivity contribution in [2.75, 3.05) is 4.90 Å². The first-order valence-electron chi connectivity index (χ1n) is 9.16.